The van der Waals surface area contributed by atoms with Gasteiger partial charge in [0.2, 0.25) is 11.1 Å². The smallest absolute Gasteiger partial charge is 0.331 e. The van der Waals surface area contributed by atoms with Crippen molar-refractivity contribution in [1.82, 2.24) is 4.90 Å². The van der Waals surface area contributed by atoms with Gasteiger partial charge in [-0.2, -0.15) is 19.1 Å². The molecule has 0 radical (unpaired) electrons. The summed E-state index contributed by atoms with van der Waals surface area (Å²) >= 11 is -3.73. The summed E-state index contributed by atoms with van der Waals surface area (Å²) in [6, 6.07) is 0. The Hall–Kier alpha value is -1.26. The number of carbonyl (C=O) groups excluding carboxylic acids is 1. The molecule has 2 N–H and O–H groups in total. The van der Waals surface area contributed by atoms with Gasteiger partial charge in [-0.25, -0.2) is 12.9 Å². The van der Waals surface area contributed by atoms with Gasteiger partial charge in [-0.05, 0) is 0 Å². The minimum absolute atomic E-state index is 0.394. The van der Waals surface area contributed by atoms with Crippen LogP contribution in [0.3, 0.4) is 0 Å². The lowest BCUT2D eigenvalue weighted by molar-refractivity contribution is -0.206. The van der Waals surface area contributed by atoms with Gasteiger partial charge in [0.1, 0.15) is 0 Å². The average molecular weight is 304 g/mol. The lowest BCUT2D eigenvalue weighted by atomic mass is 10.3. The molecule has 2 unspecified atom stereocenters. The maximum absolute atomic E-state index is 13.9. The highest BCUT2D eigenvalue weighted by Crippen LogP contribution is 2.38. The molecule has 0 saturated carbocycles. The Morgan fingerprint density at radius 2 is 1.68 bits per heavy atom. The first-order chi connectivity index (χ1) is 8.66. The van der Waals surface area contributed by atoms with Crippen molar-refractivity contribution in [3.8, 4) is 0 Å². The van der Waals surface area contributed by atoms with Crippen LogP contribution in [0.1, 0.15) is 0 Å². The third-order valence-electron chi connectivity index (χ3n) is 1.94. The lowest BCUT2D eigenvalue weighted by Crippen LogP contribution is -2.58. The second kappa shape index (κ2) is 6.78. The number of amides is 1. The number of hydrogen-bond acceptors (Lipinski definition) is 4. The highest BCUT2D eigenvalue weighted by Gasteiger charge is 2.69. The molecule has 2 atom stereocenters. The maximum atomic E-state index is 13.9. The molecule has 1 amide bonds. The molecule has 19 heavy (non-hydrogen) atoms. The van der Waals surface area contributed by atoms with Crippen LogP contribution in [0, 0.1) is 0 Å². The SMILES string of the molecule is C=CCN(CC=C)C(=O)C(F)(S(=O)ON)C(F)(F)F. The number of nitrogens with zero attached hydrogens (tertiary/aromatic N) is 1. The van der Waals surface area contributed by atoms with Crippen molar-refractivity contribution < 1.29 is 30.8 Å². The first-order valence-corrected chi connectivity index (χ1v) is 5.80. The first kappa shape index (κ1) is 17.7. The van der Waals surface area contributed by atoms with Crippen LogP contribution in [0.25, 0.3) is 0 Å². The van der Waals surface area contributed by atoms with Crippen LogP contribution in [0.5, 0.6) is 0 Å². The Bertz CT molecular complexity index is 378. The number of nitrogens with two attached hydrogens (primary N) is 1. The molecular formula is C9H12F4N2O3S. The van der Waals surface area contributed by atoms with E-state index in [0.717, 1.165) is 12.2 Å². The van der Waals surface area contributed by atoms with Crippen molar-refractivity contribution >= 4 is 17.0 Å². The van der Waals surface area contributed by atoms with E-state index >= 15 is 0 Å². The van der Waals surface area contributed by atoms with E-state index in [2.05, 4.69) is 23.3 Å². The topological polar surface area (TPSA) is 72.6 Å². The van der Waals surface area contributed by atoms with Crippen LogP contribution in [0.2, 0.25) is 0 Å². The normalized spacial score (nSPS) is 16.3. The fraction of sp³-hybridized carbons (Fsp3) is 0.444. The van der Waals surface area contributed by atoms with Gasteiger partial charge in [-0.3, -0.25) is 4.79 Å². The molecule has 0 aliphatic rings. The van der Waals surface area contributed by atoms with Gasteiger partial charge < -0.3 is 4.90 Å². The lowest BCUT2D eigenvalue weighted by Gasteiger charge is -2.29. The van der Waals surface area contributed by atoms with Crippen LogP contribution in [0.15, 0.2) is 25.3 Å². The standard InChI is InChI=1S/C9H12F4N2O3S/c1-3-5-15(6-4-2)7(16)8(10,9(11,12)13)19(17)18-14/h3-4H,1-2,5-6,14H2. The summed E-state index contributed by atoms with van der Waals surface area (Å²) in [5.74, 6) is 2.20. The van der Waals surface area contributed by atoms with Gasteiger partial charge in [0.15, 0.2) is 0 Å². The molecule has 0 bridgehead atoms. The summed E-state index contributed by atoms with van der Waals surface area (Å²) in [6.07, 6.45) is -3.61. The highest BCUT2D eigenvalue weighted by atomic mass is 32.2. The summed E-state index contributed by atoms with van der Waals surface area (Å²) in [5, 5.41) is -4.76. The molecule has 0 aromatic carbocycles. The second-order valence-electron chi connectivity index (χ2n) is 3.21. The van der Waals surface area contributed by atoms with Gasteiger partial charge in [0.05, 0.1) is 0 Å². The zero-order valence-electron chi connectivity index (χ0n) is 9.65. The van der Waals surface area contributed by atoms with E-state index in [9.17, 15) is 26.6 Å². The monoisotopic (exact) mass is 304 g/mol. The number of alkyl halides is 4. The minimum Gasteiger partial charge on any atom is -0.331 e. The third-order valence-corrected chi connectivity index (χ3v) is 2.98. The van der Waals surface area contributed by atoms with Crippen molar-refractivity contribution in [3.05, 3.63) is 25.3 Å². The minimum atomic E-state index is -5.76. The summed E-state index contributed by atoms with van der Waals surface area (Å²) in [7, 11) is 0. The Balaban J connectivity index is 5.61. The summed E-state index contributed by atoms with van der Waals surface area (Å²) < 4.78 is 66.1. The van der Waals surface area contributed by atoms with Gasteiger partial charge in [-0.15, -0.1) is 13.2 Å². The predicted molar refractivity (Wildman–Crippen MR) is 60.3 cm³/mol. The Morgan fingerprint density at radius 1 is 1.26 bits per heavy atom. The average Bonchev–Trinajstić information content (AvgIpc) is 2.34. The van der Waals surface area contributed by atoms with Crippen LogP contribution in [-0.4, -0.2) is 39.3 Å². The van der Waals surface area contributed by atoms with E-state index in [1.54, 1.807) is 0 Å². The molecule has 0 saturated heterocycles. The predicted octanol–water partition coefficient (Wildman–Crippen LogP) is 0.969. The van der Waals surface area contributed by atoms with E-state index in [1.165, 1.54) is 0 Å². The van der Waals surface area contributed by atoms with Gasteiger partial charge in [0.25, 0.3) is 5.91 Å². The molecule has 0 aliphatic carbocycles. The fourth-order valence-electron chi connectivity index (χ4n) is 1.11. The molecule has 0 fully saturated rings. The zero-order chi connectivity index (χ0) is 15.3. The van der Waals surface area contributed by atoms with E-state index in [0.29, 0.717) is 4.90 Å². The quantitative estimate of drug-likeness (QED) is 0.432. The van der Waals surface area contributed by atoms with Crippen LogP contribution >= 0.6 is 0 Å². The van der Waals surface area contributed by atoms with Crippen molar-refractivity contribution in [2.24, 2.45) is 5.90 Å². The number of rotatable bonds is 7. The Morgan fingerprint density at radius 3 is 1.95 bits per heavy atom. The van der Waals surface area contributed by atoms with E-state index in [4.69, 9.17) is 0 Å². The van der Waals surface area contributed by atoms with Gasteiger partial charge >= 0.3 is 11.2 Å². The Labute approximate surface area is 109 Å². The summed E-state index contributed by atoms with van der Waals surface area (Å²) in [4.78, 5) is 12.0. The van der Waals surface area contributed by atoms with Crippen molar-refractivity contribution in [3.63, 3.8) is 0 Å². The largest absolute Gasteiger partial charge is 0.446 e. The molecule has 0 aliphatic heterocycles. The molecule has 110 valence electrons. The van der Waals surface area contributed by atoms with Gasteiger partial charge in [0, 0.05) is 13.1 Å². The summed E-state index contributed by atoms with van der Waals surface area (Å²) in [5.41, 5.74) is 0. The number of halogens is 4. The zero-order valence-corrected chi connectivity index (χ0v) is 10.5. The molecule has 0 spiro atoms. The van der Waals surface area contributed by atoms with Crippen LogP contribution in [-0.2, 0) is 20.2 Å². The van der Waals surface area contributed by atoms with Crippen molar-refractivity contribution in [2.75, 3.05) is 13.1 Å². The summed E-state index contributed by atoms with van der Waals surface area (Å²) in [6.45, 7) is 5.63. The molecule has 0 rings (SSSR count). The molecular weight excluding hydrogens is 292 g/mol. The number of carbonyl (C=O) groups is 1. The van der Waals surface area contributed by atoms with E-state index in [-0.39, 0.29) is 0 Å². The molecule has 10 heteroatoms. The highest BCUT2D eigenvalue weighted by molar-refractivity contribution is 7.82. The Kier molecular flexibility index (Phi) is 6.33. The van der Waals surface area contributed by atoms with E-state index in [1.807, 2.05) is 0 Å². The van der Waals surface area contributed by atoms with Crippen molar-refractivity contribution in [1.29, 1.82) is 0 Å². The first-order valence-electron chi connectivity index (χ1n) is 4.72. The third kappa shape index (κ3) is 3.61. The molecule has 5 nitrogen and oxygen atoms in total. The van der Waals surface area contributed by atoms with Crippen molar-refractivity contribution in [2.45, 2.75) is 11.2 Å². The molecule has 0 aromatic rings. The van der Waals surface area contributed by atoms with Crippen LogP contribution in [0.4, 0.5) is 17.6 Å². The van der Waals surface area contributed by atoms with Gasteiger partial charge in [-0.1, -0.05) is 12.2 Å². The maximum Gasteiger partial charge on any atom is 0.446 e. The van der Waals surface area contributed by atoms with Crippen LogP contribution < -0.4 is 5.90 Å². The molecule has 0 aromatic heterocycles. The fourth-order valence-corrected chi connectivity index (χ4v) is 1.70. The second-order valence-corrected chi connectivity index (χ2v) is 4.44. The molecule has 0 heterocycles. The number of hydrogen-bond donors (Lipinski definition) is 1. The van der Waals surface area contributed by atoms with E-state index < -0.39 is 41.3 Å².